The highest BCUT2D eigenvalue weighted by Gasteiger charge is 2.16. The number of nitrogens with zero attached hydrogens (tertiary/aromatic N) is 1. The van der Waals surface area contributed by atoms with Gasteiger partial charge in [-0.2, -0.15) is 0 Å². The zero-order valence-electron chi connectivity index (χ0n) is 21.7. The van der Waals surface area contributed by atoms with Crippen molar-refractivity contribution in [3.05, 3.63) is 48.0 Å². The van der Waals surface area contributed by atoms with Crippen LogP contribution in [0.1, 0.15) is 115 Å². The highest BCUT2D eigenvalue weighted by molar-refractivity contribution is 5.85. The van der Waals surface area contributed by atoms with E-state index in [0.29, 0.717) is 0 Å². The molecule has 180 valence electrons. The molecule has 0 aliphatic heterocycles. The van der Waals surface area contributed by atoms with Gasteiger partial charge in [-0.1, -0.05) is 139 Å². The van der Waals surface area contributed by atoms with E-state index in [2.05, 4.69) is 63.5 Å². The van der Waals surface area contributed by atoms with Crippen LogP contribution in [0.2, 0.25) is 0 Å². The number of fused-ring (bicyclic) bond motifs is 1. The van der Waals surface area contributed by atoms with E-state index in [9.17, 15) is 0 Å². The Hall–Kier alpha value is -1.34. The van der Waals surface area contributed by atoms with Crippen molar-refractivity contribution in [1.82, 2.24) is 0 Å². The molecule has 0 amide bonds. The lowest BCUT2D eigenvalue weighted by atomic mass is 10.0. The maximum atomic E-state index is 2.40. The Labute approximate surface area is 200 Å². The third-order valence-electron chi connectivity index (χ3n) is 7.10. The normalized spacial score (nSPS) is 12.0. The Morgan fingerprint density at radius 1 is 0.531 bits per heavy atom. The quantitative estimate of drug-likeness (QED) is 0.151. The van der Waals surface area contributed by atoms with Crippen LogP contribution in [0.3, 0.4) is 0 Å². The second-order valence-corrected chi connectivity index (χ2v) is 10.8. The average molecular weight is 439 g/mol. The Morgan fingerprint density at radius 2 is 1.00 bits per heavy atom. The lowest BCUT2D eigenvalue weighted by Gasteiger charge is -2.30. The van der Waals surface area contributed by atoms with Crippen molar-refractivity contribution in [3.8, 4) is 0 Å². The topological polar surface area (TPSA) is 0 Å². The van der Waals surface area contributed by atoms with Crippen molar-refractivity contribution in [2.75, 3.05) is 20.6 Å². The summed E-state index contributed by atoms with van der Waals surface area (Å²) in [5.74, 6) is 0. The minimum Gasteiger partial charge on any atom is -0.325 e. The first kappa shape index (κ1) is 26.9. The molecule has 0 saturated heterocycles. The fourth-order valence-electron chi connectivity index (χ4n) is 5.06. The van der Waals surface area contributed by atoms with Gasteiger partial charge >= 0.3 is 0 Å². The van der Waals surface area contributed by atoms with E-state index in [4.69, 9.17) is 0 Å². The number of quaternary nitrogens is 1. The van der Waals surface area contributed by atoms with Gasteiger partial charge in [0, 0.05) is 5.56 Å². The van der Waals surface area contributed by atoms with Crippen LogP contribution in [0.4, 0.5) is 0 Å². The molecule has 32 heavy (non-hydrogen) atoms. The molecule has 0 fully saturated rings. The van der Waals surface area contributed by atoms with Crippen LogP contribution < -0.4 is 0 Å². The Kier molecular flexibility index (Phi) is 13.7. The number of hydrogen-bond donors (Lipinski definition) is 0. The van der Waals surface area contributed by atoms with Gasteiger partial charge in [0.05, 0.1) is 20.6 Å². The summed E-state index contributed by atoms with van der Waals surface area (Å²) in [7, 11) is 4.79. The van der Waals surface area contributed by atoms with Crippen LogP contribution in [-0.4, -0.2) is 25.1 Å². The van der Waals surface area contributed by atoms with Crippen molar-refractivity contribution in [1.29, 1.82) is 0 Å². The summed E-state index contributed by atoms with van der Waals surface area (Å²) in [6, 6.07) is 15.6. The molecule has 0 N–H and O–H groups in total. The predicted molar refractivity (Wildman–Crippen MR) is 144 cm³/mol. The van der Waals surface area contributed by atoms with Gasteiger partial charge in [0.15, 0.2) is 0 Å². The SMILES string of the molecule is CCCCCCCCCCCCCCCCCC[N+](C)(C)Cc1cccc2ccccc12. The molecule has 0 aromatic heterocycles. The largest absolute Gasteiger partial charge is 0.325 e. The second kappa shape index (κ2) is 16.3. The summed E-state index contributed by atoms with van der Waals surface area (Å²) >= 11 is 0. The highest BCUT2D eigenvalue weighted by Crippen LogP contribution is 2.22. The van der Waals surface area contributed by atoms with Crippen molar-refractivity contribution in [2.24, 2.45) is 0 Å². The lowest BCUT2D eigenvalue weighted by molar-refractivity contribution is -0.903. The third-order valence-corrected chi connectivity index (χ3v) is 7.10. The fourth-order valence-corrected chi connectivity index (χ4v) is 5.06. The summed E-state index contributed by atoms with van der Waals surface area (Å²) in [6.07, 6.45) is 23.1. The maximum Gasteiger partial charge on any atom is 0.105 e. The van der Waals surface area contributed by atoms with E-state index in [0.717, 1.165) is 11.0 Å². The molecule has 0 atom stereocenters. The number of hydrogen-bond acceptors (Lipinski definition) is 0. The van der Waals surface area contributed by atoms with Gasteiger partial charge in [-0.05, 0) is 23.6 Å². The number of unbranched alkanes of at least 4 members (excludes halogenated alkanes) is 15. The van der Waals surface area contributed by atoms with Crippen molar-refractivity contribution < 1.29 is 4.48 Å². The first-order valence-electron chi connectivity index (χ1n) is 13.9. The molecule has 2 aromatic carbocycles. The summed E-state index contributed by atoms with van der Waals surface area (Å²) in [5.41, 5.74) is 1.49. The van der Waals surface area contributed by atoms with Crippen LogP contribution in [0, 0.1) is 0 Å². The van der Waals surface area contributed by atoms with E-state index in [1.54, 1.807) is 0 Å². The molecule has 0 saturated carbocycles. The molecule has 1 heteroatoms. The minimum absolute atomic E-state index is 1.09. The number of benzene rings is 2. The minimum atomic E-state index is 1.09. The molecular formula is C31H52N+. The van der Waals surface area contributed by atoms with Gasteiger partial charge in [0.1, 0.15) is 6.54 Å². The van der Waals surface area contributed by atoms with Crippen molar-refractivity contribution in [3.63, 3.8) is 0 Å². The molecule has 0 aliphatic rings. The molecule has 0 radical (unpaired) electrons. The first-order valence-corrected chi connectivity index (χ1v) is 13.9. The van der Waals surface area contributed by atoms with E-state index in [-0.39, 0.29) is 0 Å². The molecule has 0 aliphatic carbocycles. The zero-order valence-corrected chi connectivity index (χ0v) is 21.7. The van der Waals surface area contributed by atoms with E-state index in [1.807, 2.05) is 0 Å². The Morgan fingerprint density at radius 3 is 1.56 bits per heavy atom. The highest BCUT2D eigenvalue weighted by atomic mass is 15.3. The van der Waals surface area contributed by atoms with Crippen LogP contribution >= 0.6 is 0 Å². The van der Waals surface area contributed by atoms with Gasteiger partial charge in [-0.15, -0.1) is 0 Å². The first-order chi connectivity index (χ1) is 15.6. The van der Waals surface area contributed by atoms with Crippen LogP contribution in [-0.2, 0) is 6.54 Å². The Balaban J connectivity index is 1.44. The predicted octanol–water partition coefficient (Wildman–Crippen LogP) is 9.68. The van der Waals surface area contributed by atoms with Crippen LogP contribution in [0.15, 0.2) is 42.5 Å². The van der Waals surface area contributed by atoms with Gasteiger partial charge in [-0.25, -0.2) is 0 Å². The van der Waals surface area contributed by atoms with Crippen molar-refractivity contribution >= 4 is 10.8 Å². The third kappa shape index (κ3) is 11.5. The molecule has 2 rings (SSSR count). The van der Waals surface area contributed by atoms with Crippen LogP contribution in [0.25, 0.3) is 10.8 Å². The second-order valence-electron chi connectivity index (χ2n) is 10.8. The standard InChI is InChI=1S/C31H52N/c1-4-5-6-7-8-9-10-11-12-13-14-15-16-17-18-21-27-32(2,3)28-30-25-22-24-29-23-19-20-26-31(29)30/h19-20,22-26H,4-18,21,27-28H2,1-3H3/q+1. The van der Waals surface area contributed by atoms with Gasteiger partial charge in [0.25, 0.3) is 0 Å². The fraction of sp³-hybridized carbons (Fsp3) is 0.677. The van der Waals surface area contributed by atoms with E-state index in [1.165, 1.54) is 126 Å². The van der Waals surface area contributed by atoms with E-state index < -0.39 is 0 Å². The smallest absolute Gasteiger partial charge is 0.105 e. The Bertz CT molecular complexity index is 712. The molecule has 0 bridgehead atoms. The summed E-state index contributed by atoms with van der Waals surface area (Å²) in [4.78, 5) is 0. The molecule has 0 heterocycles. The van der Waals surface area contributed by atoms with Gasteiger partial charge in [-0.3, -0.25) is 0 Å². The maximum absolute atomic E-state index is 2.40. The lowest BCUT2D eigenvalue weighted by Crippen LogP contribution is -2.39. The summed E-state index contributed by atoms with van der Waals surface area (Å²) < 4.78 is 1.09. The van der Waals surface area contributed by atoms with Gasteiger partial charge < -0.3 is 4.48 Å². The molecule has 0 unspecified atom stereocenters. The van der Waals surface area contributed by atoms with Crippen molar-refractivity contribution in [2.45, 2.75) is 116 Å². The van der Waals surface area contributed by atoms with Gasteiger partial charge in [0.2, 0.25) is 0 Å². The summed E-state index contributed by atoms with van der Waals surface area (Å²) in [6.45, 7) is 4.70. The monoisotopic (exact) mass is 438 g/mol. The molecule has 1 nitrogen and oxygen atoms in total. The zero-order chi connectivity index (χ0) is 22.9. The molecular weight excluding hydrogens is 386 g/mol. The molecule has 2 aromatic rings. The number of rotatable bonds is 19. The van der Waals surface area contributed by atoms with E-state index >= 15 is 0 Å². The average Bonchev–Trinajstić information content (AvgIpc) is 2.79. The molecule has 0 spiro atoms. The van der Waals surface area contributed by atoms with Crippen LogP contribution in [0.5, 0.6) is 0 Å². The summed E-state index contributed by atoms with van der Waals surface area (Å²) in [5, 5.41) is 2.79.